The maximum Gasteiger partial charge on any atom is 0.0587 e. The van der Waals surface area contributed by atoms with Crippen LogP contribution >= 0.6 is 0 Å². The summed E-state index contributed by atoms with van der Waals surface area (Å²) in [6, 6.07) is 0. The van der Waals surface area contributed by atoms with Crippen LogP contribution in [0.3, 0.4) is 0 Å². The Labute approximate surface area is 94.1 Å². The Morgan fingerprint density at radius 3 is 2.80 bits per heavy atom. The van der Waals surface area contributed by atoms with E-state index < -0.39 is 0 Å². The number of methoxy groups -OCH3 is 1. The monoisotopic (exact) mass is 211 g/mol. The van der Waals surface area contributed by atoms with Gasteiger partial charge >= 0.3 is 0 Å². The van der Waals surface area contributed by atoms with Crippen molar-refractivity contribution in [3.63, 3.8) is 0 Å². The smallest absolute Gasteiger partial charge is 0.0587 e. The van der Waals surface area contributed by atoms with Crippen molar-refractivity contribution in [1.82, 2.24) is 5.32 Å². The fourth-order valence-electron chi connectivity index (χ4n) is 2.14. The molecule has 0 atom stereocenters. The summed E-state index contributed by atoms with van der Waals surface area (Å²) in [4.78, 5) is 0. The normalized spacial score (nSPS) is 17.7. The molecular formula is C13H25NO. The lowest BCUT2D eigenvalue weighted by atomic mass is 9.78. The molecule has 0 aliphatic heterocycles. The molecule has 2 heteroatoms. The van der Waals surface area contributed by atoms with E-state index in [9.17, 15) is 0 Å². The first kappa shape index (κ1) is 12.7. The van der Waals surface area contributed by atoms with Gasteiger partial charge in [0.15, 0.2) is 0 Å². The predicted molar refractivity (Wildman–Crippen MR) is 65.1 cm³/mol. The number of nitrogens with one attached hydrogen (secondary N) is 1. The minimum absolute atomic E-state index is 0.314. The Balaban J connectivity index is 2.33. The van der Waals surface area contributed by atoms with Gasteiger partial charge < -0.3 is 10.1 Å². The summed E-state index contributed by atoms with van der Waals surface area (Å²) in [6.07, 6.45) is 7.75. The second kappa shape index (κ2) is 6.29. The molecule has 0 unspecified atom stereocenters. The van der Waals surface area contributed by atoms with Gasteiger partial charge in [0, 0.05) is 20.2 Å². The van der Waals surface area contributed by atoms with Gasteiger partial charge in [-0.15, -0.1) is 0 Å². The van der Waals surface area contributed by atoms with Gasteiger partial charge in [-0.25, -0.2) is 0 Å². The highest BCUT2D eigenvalue weighted by Crippen LogP contribution is 2.33. The van der Waals surface area contributed by atoms with E-state index in [1.807, 2.05) is 0 Å². The molecule has 0 radical (unpaired) electrons. The molecule has 0 aromatic heterocycles. The van der Waals surface area contributed by atoms with E-state index in [0.29, 0.717) is 5.41 Å². The van der Waals surface area contributed by atoms with Crippen LogP contribution in [0.15, 0.2) is 11.6 Å². The Kier molecular flexibility index (Phi) is 5.34. The molecule has 1 aliphatic carbocycles. The third kappa shape index (κ3) is 4.35. The van der Waals surface area contributed by atoms with Crippen LogP contribution in [0.4, 0.5) is 0 Å². The average molecular weight is 211 g/mol. The summed E-state index contributed by atoms with van der Waals surface area (Å²) in [7, 11) is 1.75. The van der Waals surface area contributed by atoms with E-state index in [-0.39, 0.29) is 0 Å². The Morgan fingerprint density at radius 2 is 2.20 bits per heavy atom. The molecule has 2 nitrogen and oxygen atoms in total. The first-order valence-corrected chi connectivity index (χ1v) is 6.06. The Hall–Kier alpha value is -0.340. The summed E-state index contributed by atoms with van der Waals surface area (Å²) in [6.45, 7) is 7.48. The maximum absolute atomic E-state index is 5.02. The van der Waals surface area contributed by atoms with Crippen LogP contribution < -0.4 is 5.32 Å². The van der Waals surface area contributed by atoms with Crippen LogP contribution in [-0.2, 0) is 4.74 Å². The van der Waals surface area contributed by atoms with E-state index in [1.54, 1.807) is 12.7 Å². The standard InChI is InChI=1S/C13H25NO/c1-13(2,11-14-9-10-15-3)12-7-5-4-6-8-12/h7,14H,4-6,8-11H2,1-3H3. The third-order valence-electron chi connectivity index (χ3n) is 3.21. The molecule has 0 bridgehead atoms. The average Bonchev–Trinajstić information content (AvgIpc) is 2.26. The van der Waals surface area contributed by atoms with Crippen molar-refractivity contribution in [1.29, 1.82) is 0 Å². The van der Waals surface area contributed by atoms with Gasteiger partial charge in [0.05, 0.1) is 6.61 Å². The largest absolute Gasteiger partial charge is 0.383 e. The van der Waals surface area contributed by atoms with E-state index in [1.165, 1.54) is 25.7 Å². The number of hydrogen-bond acceptors (Lipinski definition) is 2. The second-order valence-corrected chi connectivity index (χ2v) is 5.03. The summed E-state index contributed by atoms with van der Waals surface area (Å²) in [5.74, 6) is 0. The highest BCUT2D eigenvalue weighted by atomic mass is 16.5. The van der Waals surface area contributed by atoms with Crippen molar-refractivity contribution in [2.75, 3.05) is 26.8 Å². The van der Waals surface area contributed by atoms with Crippen molar-refractivity contribution in [3.8, 4) is 0 Å². The molecule has 0 aromatic carbocycles. The first-order chi connectivity index (χ1) is 7.17. The summed E-state index contributed by atoms with van der Waals surface area (Å²) in [5, 5.41) is 3.46. The molecule has 15 heavy (non-hydrogen) atoms. The van der Waals surface area contributed by atoms with Crippen LogP contribution in [0.5, 0.6) is 0 Å². The lowest BCUT2D eigenvalue weighted by molar-refractivity contribution is 0.196. The van der Waals surface area contributed by atoms with E-state index >= 15 is 0 Å². The van der Waals surface area contributed by atoms with Crippen molar-refractivity contribution >= 4 is 0 Å². The number of hydrogen-bond donors (Lipinski definition) is 1. The van der Waals surface area contributed by atoms with Gasteiger partial charge in [-0.2, -0.15) is 0 Å². The van der Waals surface area contributed by atoms with Gasteiger partial charge in [-0.3, -0.25) is 0 Å². The molecule has 0 spiro atoms. The van der Waals surface area contributed by atoms with E-state index in [4.69, 9.17) is 4.74 Å². The highest BCUT2D eigenvalue weighted by molar-refractivity contribution is 5.14. The molecule has 1 aliphatic rings. The highest BCUT2D eigenvalue weighted by Gasteiger charge is 2.23. The first-order valence-electron chi connectivity index (χ1n) is 6.06. The zero-order valence-electron chi connectivity index (χ0n) is 10.4. The molecule has 0 heterocycles. The van der Waals surface area contributed by atoms with Gasteiger partial charge in [0.2, 0.25) is 0 Å². The molecule has 1 N–H and O–H groups in total. The molecule has 0 amide bonds. The Morgan fingerprint density at radius 1 is 1.40 bits per heavy atom. The summed E-state index contributed by atoms with van der Waals surface area (Å²) >= 11 is 0. The van der Waals surface area contributed by atoms with E-state index in [2.05, 4.69) is 25.2 Å². The van der Waals surface area contributed by atoms with Gasteiger partial charge in [-0.1, -0.05) is 25.5 Å². The SMILES string of the molecule is COCCNCC(C)(C)C1=CCCCC1. The van der Waals surface area contributed by atoms with Gasteiger partial charge in [-0.05, 0) is 31.1 Å². The quantitative estimate of drug-likeness (QED) is 0.539. The maximum atomic E-state index is 5.02. The number of allylic oxidation sites excluding steroid dienone is 1. The molecule has 0 saturated heterocycles. The molecule has 88 valence electrons. The lowest BCUT2D eigenvalue weighted by Crippen LogP contribution is -2.33. The molecule has 1 rings (SSSR count). The van der Waals surface area contributed by atoms with Crippen LogP contribution in [0.2, 0.25) is 0 Å². The predicted octanol–water partition coefficient (Wildman–Crippen LogP) is 2.75. The zero-order chi connectivity index (χ0) is 11.1. The van der Waals surface area contributed by atoms with Crippen molar-refractivity contribution in [3.05, 3.63) is 11.6 Å². The molecular weight excluding hydrogens is 186 g/mol. The minimum Gasteiger partial charge on any atom is -0.383 e. The van der Waals surface area contributed by atoms with Crippen LogP contribution in [-0.4, -0.2) is 26.8 Å². The van der Waals surface area contributed by atoms with Crippen molar-refractivity contribution in [2.45, 2.75) is 39.5 Å². The topological polar surface area (TPSA) is 21.3 Å². The van der Waals surface area contributed by atoms with Gasteiger partial charge in [0.25, 0.3) is 0 Å². The number of rotatable bonds is 6. The lowest BCUT2D eigenvalue weighted by Gasteiger charge is -2.30. The zero-order valence-corrected chi connectivity index (χ0v) is 10.4. The molecule has 0 fully saturated rings. The second-order valence-electron chi connectivity index (χ2n) is 5.03. The molecule has 0 aromatic rings. The Bertz CT molecular complexity index is 209. The van der Waals surface area contributed by atoms with E-state index in [0.717, 1.165) is 19.7 Å². The summed E-state index contributed by atoms with van der Waals surface area (Å²) < 4.78 is 5.02. The summed E-state index contributed by atoms with van der Waals surface area (Å²) in [5.41, 5.74) is 1.95. The van der Waals surface area contributed by atoms with Crippen molar-refractivity contribution in [2.24, 2.45) is 5.41 Å². The van der Waals surface area contributed by atoms with Crippen LogP contribution in [0.25, 0.3) is 0 Å². The fraction of sp³-hybridized carbons (Fsp3) is 0.846. The van der Waals surface area contributed by atoms with Crippen LogP contribution in [0.1, 0.15) is 39.5 Å². The third-order valence-corrected chi connectivity index (χ3v) is 3.21. The minimum atomic E-state index is 0.314. The number of ether oxygens (including phenoxy) is 1. The molecule has 0 saturated carbocycles. The fourth-order valence-corrected chi connectivity index (χ4v) is 2.14. The van der Waals surface area contributed by atoms with Crippen molar-refractivity contribution < 1.29 is 4.74 Å². The van der Waals surface area contributed by atoms with Crippen LogP contribution in [0, 0.1) is 5.41 Å². The van der Waals surface area contributed by atoms with Gasteiger partial charge in [0.1, 0.15) is 0 Å².